The highest BCUT2D eigenvalue weighted by Crippen LogP contribution is 2.37. The summed E-state index contributed by atoms with van der Waals surface area (Å²) in [6.45, 7) is 4.21. The van der Waals surface area contributed by atoms with Gasteiger partial charge in [0.1, 0.15) is 5.69 Å². The summed E-state index contributed by atoms with van der Waals surface area (Å²) in [5.41, 5.74) is 2.12. The molecule has 1 aliphatic rings. The van der Waals surface area contributed by atoms with E-state index in [0.29, 0.717) is 13.0 Å². The number of hydrogen-bond donors (Lipinski definition) is 3. The van der Waals surface area contributed by atoms with Crippen molar-refractivity contribution >= 4 is 17.5 Å². The number of anilines is 1. The first-order valence-electron chi connectivity index (χ1n) is 7.67. The number of H-pyrrole nitrogens is 1. The van der Waals surface area contributed by atoms with Crippen molar-refractivity contribution in [2.75, 3.05) is 11.9 Å². The van der Waals surface area contributed by atoms with Crippen LogP contribution >= 0.6 is 0 Å². The van der Waals surface area contributed by atoms with E-state index in [4.69, 9.17) is 0 Å². The lowest BCUT2D eigenvalue weighted by atomic mass is 9.85. The van der Waals surface area contributed by atoms with E-state index in [9.17, 15) is 14.4 Å². The van der Waals surface area contributed by atoms with Gasteiger partial charge in [-0.3, -0.25) is 14.4 Å². The van der Waals surface area contributed by atoms with Crippen LogP contribution in [-0.4, -0.2) is 28.6 Å². The Morgan fingerprint density at radius 1 is 1.21 bits per heavy atom. The van der Waals surface area contributed by atoms with E-state index in [1.54, 1.807) is 0 Å². The second-order valence-corrected chi connectivity index (χ2v) is 6.27. The Morgan fingerprint density at radius 3 is 2.71 bits per heavy atom. The number of nitrogens with one attached hydrogen (secondary N) is 3. The van der Waals surface area contributed by atoms with Gasteiger partial charge in [-0.05, 0) is 43.5 Å². The van der Waals surface area contributed by atoms with Gasteiger partial charge in [-0.1, -0.05) is 12.1 Å². The molecule has 7 heteroatoms. The van der Waals surface area contributed by atoms with Crippen LogP contribution < -0.4 is 16.2 Å². The lowest BCUT2D eigenvalue weighted by Gasteiger charge is -2.16. The number of benzene rings is 1. The Kier molecular flexibility index (Phi) is 3.92. The van der Waals surface area contributed by atoms with Crippen molar-refractivity contribution < 1.29 is 9.59 Å². The van der Waals surface area contributed by atoms with Gasteiger partial charge in [-0.15, -0.1) is 0 Å². The first-order valence-corrected chi connectivity index (χ1v) is 7.67. The van der Waals surface area contributed by atoms with Crippen LogP contribution in [0.15, 0.2) is 35.1 Å². The third kappa shape index (κ3) is 2.92. The average Bonchev–Trinajstić information content (AvgIpc) is 2.78. The van der Waals surface area contributed by atoms with Gasteiger partial charge in [0.2, 0.25) is 5.91 Å². The fourth-order valence-corrected chi connectivity index (χ4v) is 2.66. The number of aromatic amines is 1. The number of amides is 2. The van der Waals surface area contributed by atoms with E-state index in [2.05, 4.69) is 20.8 Å². The monoisotopic (exact) mass is 326 g/mol. The third-order valence-corrected chi connectivity index (χ3v) is 4.18. The average molecular weight is 326 g/mol. The zero-order chi connectivity index (χ0) is 17.3. The molecule has 0 radical (unpaired) electrons. The molecule has 1 aromatic carbocycles. The standard InChI is InChI=1S/C17H18N4O3/c1-17(2)11-9-10(3-4-12(11)19-16(17)24)7-8-18-15(23)13-5-6-14(22)21-20-13/h3-6,9H,7-8H2,1-2H3,(H,18,23)(H,19,24)(H,21,22). The van der Waals surface area contributed by atoms with Crippen molar-refractivity contribution in [3.8, 4) is 0 Å². The zero-order valence-corrected chi connectivity index (χ0v) is 13.5. The molecule has 0 spiro atoms. The van der Waals surface area contributed by atoms with E-state index in [-0.39, 0.29) is 23.1 Å². The van der Waals surface area contributed by atoms with Gasteiger partial charge in [0.05, 0.1) is 5.41 Å². The minimum atomic E-state index is -0.547. The molecule has 0 saturated carbocycles. The number of carbonyl (C=O) groups is 2. The maximum atomic E-state index is 11.9. The molecule has 0 atom stereocenters. The fourth-order valence-electron chi connectivity index (χ4n) is 2.66. The second-order valence-electron chi connectivity index (χ2n) is 6.27. The molecule has 2 aromatic rings. The van der Waals surface area contributed by atoms with Gasteiger partial charge in [0.15, 0.2) is 0 Å². The van der Waals surface area contributed by atoms with Gasteiger partial charge in [0, 0.05) is 18.3 Å². The molecule has 3 rings (SSSR count). The topological polar surface area (TPSA) is 104 Å². The molecule has 3 N–H and O–H groups in total. The quantitative estimate of drug-likeness (QED) is 0.779. The highest BCUT2D eigenvalue weighted by Gasteiger charge is 2.38. The minimum Gasteiger partial charge on any atom is -0.350 e. The number of rotatable bonds is 4. The first kappa shape index (κ1) is 15.9. The summed E-state index contributed by atoms with van der Waals surface area (Å²) in [5.74, 6) is -0.350. The molecule has 0 fully saturated rings. The third-order valence-electron chi connectivity index (χ3n) is 4.18. The summed E-state index contributed by atoms with van der Waals surface area (Å²) >= 11 is 0. The van der Waals surface area contributed by atoms with Crippen molar-refractivity contribution in [2.24, 2.45) is 0 Å². The number of hydrogen-bond acceptors (Lipinski definition) is 4. The van der Waals surface area contributed by atoms with E-state index >= 15 is 0 Å². The van der Waals surface area contributed by atoms with E-state index in [1.807, 2.05) is 32.0 Å². The molecule has 124 valence electrons. The van der Waals surface area contributed by atoms with Crippen LogP contribution in [0.4, 0.5) is 5.69 Å². The summed E-state index contributed by atoms with van der Waals surface area (Å²) in [7, 11) is 0. The van der Waals surface area contributed by atoms with Gasteiger partial charge in [-0.25, -0.2) is 5.10 Å². The number of nitrogens with zero attached hydrogens (tertiary/aromatic N) is 1. The van der Waals surface area contributed by atoms with Crippen LogP contribution in [0.3, 0.4) is 0 Å². The van der Waals surface area contributed by atoms with Crippen LogP contribution in [0, 0.1) is 0 Å². The predicted octanol–water partition coefficient (Wildman–Crippen LogP) is 0.972. The molecule has 2 amide bonds. The summed E-state index contributed by atoms with van der Waals surface area (Å²) in [5, 5.41) is 11.5. The lowest BCUT2D eigenvalue weighted by Crippen LogP contribution is -2.28. The van der Waals surface area contributed by atoms with E-state index in [0.717, 1.165) is 16.8 Å². The highest BCUT2D eigenvalue weighted by molar-refractivity contribution is 6.05. The van der Waals surface area contributed by atoms with Gasteiger partial charge < -0.3 is 10.6 Å². The normalized spacial score (nSPS) is 14.8. The molecule has 0 bridgehead atoms. The van der Waals surface area contributed by atoms with Crippen molar-refractivity contribution in [2.45, 2.75) is 25.7 Å². The summed E-state index contributed by atoms with van der Waals surface area (Å²) in [4.78, 5) is 34.8. The van der Waals surface area contributed by atoms with E-state index in [1.165, 1.54) is 12.1 Å². The van der Waals surface area contributed by atoms with Crippen LogP contribution in [0.25, 0.3) is 0 Å². The van der Waals surface area contributed by atoms with Crippen molar-refractivity contribution in [1.82, 2.24) is 15.5 Å². The van der Waals surface area contributed by atoms with Crippen molar-refractivity contribution in [3.05, 3.63) is 57.5 Å². The zero-order valence-electron chi connectivity index (χ0n) is 13.5. The maximum Gasteiger partial charge on any atom is 0.271 e. The largest absolute Gasteiger partial charge is 0.350 e. The Balaban J connectivity index is 1.63. The SMILES string of the molecule is CC1(C)C(=O)Nc2ccc(CCNC(=O)c3ccc(=O)[nH]n3)cc21. The Hall–Kier alpha value is -2.96. The maximum absolute atomic E-state index is 11.9. The number of aromatic nitrogens is 2. The summed E-state index contributed by atoms with van der Waals surface area (Å²) in [6, 6.07) is 8.46. The van der Waals surface area contributed by atoms with Crippen LogP contribution in [0.5, 0.6) is 0 Å². The smallest absolute Gasteiger partial charge is 0.271 e. The van der Waals surface area contributed by atoms with Crippen LogP contribution in [-0.2, 0) is 16.6 Å². The Bertz CT molecular complexity index is 850. The molecular weight excluding hydrogens is 308 g/mol. The minimum absolute atomic E-state index is 0.00732. The van der Waals surface area contributed by atoms with Crippen LogP contribution in [0.2, 0.25) is 0 Å². The Labute approximate surface area is 138 Å². The lowest BCUT2D eigenvalue weighted by molar-refractivity contribution is -0.119. The molecule has 0 saturated heterocycles. The fraction of sp³-hybridized carbons (Fsp3) is 0.294. The van der Waals surface area contributed by atoms with Crippen molar-refractivity contribution in [1.29, 1.82) is 0 Å². The first-order chi connectivity index (χ1) is 11.4. The molecule has 7 nitrogen and oxygen atoms in total. The molecular formula is C17H18N4O3. The summed E-state index contributed by atoms with van der Waals surface area (Å²) in [6.07, 6.45) is 0.632. The summed E-state index contributed by atoms with van der Waals surface area (Å²) < 4.78 is 0. The molecule has 0 aliphatic carbocycles. The Morgan fingerprint density at radius 2 is 2.00 bits per heavy atom. The van der Waals surface area contributed by atoms with Gasteiger partial charge >= 0.3 is 0 Å². The van der Waals surface area contributed by atoms with Crippen LogP contribution in [0.1, 0.15) is 35.5 Å². The highest BCUT2D eigenvalue weighted by atomic mass is 16.2. The van der Waals surface area contributed by atoms with Crippen molar-refractivity contribution in [3.63, 3.8) is 0 Å². The molecule has 1 aliphatic heterocycles. The molecule has 0 unspecified atom stereocenters. The van der Waals surface area contributed by atoms with Gasteiger partial charge in [0.25, 0.3) is 11.5 Å². The number of fused-ring (bicyclic) bond motifs is 1. The van der Waals surface area contributed by atoms with E-state index < -0.39 is 5.41 Å². The molecule has 1 aromatic heterocycles. The van der Waals surface area contributed by atoms with Gasteiger partial charge in [-0.2, -0.15) is 5.10 Å². The second kappa shape index (κ2) is 5.92. The molecule has 24 heavy (non-hydrogen) atoms. The number of carbonyl (C=O) groups excluding carboxylic acids is 2. The molecule has 2 heterocycles. The predicted molar refractivity (Wildman–Crippen MR) is 89.0 cm³/mol.